The molecule has 1 saturated carbocycles. The molecule has 0 unspecified atom stereocenters. The normalized spacial score (nSPS) is 18.0. The number of nitrogens with zero attached hydrogens (tertiary/aromatic N) is 1. The largest absolute Gasteiger partial charge is 0.452 e. The molecule has 0 aromatic heterocycles. The van der Waals surface area contributed by atoms with Crippen LogP contribution in [0.4, 0.5) is 0 Å². The number of nitriles is 1. The molecule has 23 heavy (non-hydrogen) atoms. The van der Waals surface area contributed by atoms with E-state index < -0.39 is 17.4 Å². The van der Waals surface area contributed by atoms with E-state index in [2.05, 4.69) is 11.4 Å². The second-order valence-corrected chi connectivity index (χ2v) is 6.36. The van der Waals surface area contributed by atoms with Crippen LogP contribution in [0.15, 0.2) is 18.2 Å². The van der Waals surface area contributed by atoms with Crippen LogP contribution in [0.2, 0.25) is 0 Å². The summed E-state index contributed by atoms with van der Waals surface area (Å²) in [5, 5.41) is 12.0. The second kappa shape index (κ2) is 6.41. The topological polar surface area (TPSA) is 79.2 Å². The van der Waals surface area contributed by atoms with Crippen molar-refractivity contribution in [1.29, 1.82) is 5.26 Å². The molecule has 3 rings (SSSR count). The Hall–Kier alpha value is -2.35. The molecular weight excluding hydrogens is 292 g/mol. The van der Waals surface area contributed by atoms with Crippen LogP contribution in [0.3, 0.4) is 0 Å². The highest BCUT2D eigenvalue weighted by molar-refractivity contribution is 5.91. The number of hydrogen-bond donors (Lipinski definition) is 1. The number of hydrogen-bond acceptors (Lipinski definition) is 4. The number of fused-ring (bicyclic) bond motifs is 1. The summed E-state index contributed by atoms with van der Waals surface area (Å²) in [6.07, 6.45) is 6.35. The number of carbonyl (C=O) groups is 2. The molecule has 5 nitrogen and oxygen atoms in total. The van der Waals surface area contributed by atoms with Gasteiger partial charge in [-0.25, -0.2) is 4.79 Å². The highest BCUT2D eigenvalue weighted by Gasteiger charge is 2.35. The second-order valence-electron chi connectivity index (χ2n) is 6.36. The molecule has 0 radical (unpaired) electrons. The van der Waals surface area contributed by atoms with Gasteiger partial charge in [0.05, 0.1) is 11.6 Å². The Morgan fingerprint density at radius 1 is 1.17 bits per heavy atom. The van der Waals surface area contributed by atoms with Gasteiger partial charge in [-0.15, -0.1) is 0 Å². The predicted molar refractivity (Wildman–Crippen MR) is 83.7 cm³/mol. The van der Waals surface area contributed by atoms with Gasteiger partial charge < -0.3 is 10.1 Å². The van der Waals surface area contributed by atoms with Gasteiger partial charge in [0.15, 0.2) is 6.61 Å². The summed E-state index contributed by atoms with van der Waals surface area (Å²) in [5.41, 5.74) is 2.18. The maximum absolute atomic E-state index is 12.1. The average Bonchev–Trinajstić information content (AvgIpc) is 3.21. The molecule has 2 aliphatic rings. The lowest BCUT2D eigenvalue weighted by atomic mass is 10.00. The molecular formula is C18H20N2O3. The number of amides is 1. The van der Waals surface area contributed by atoms with E-state index >= 15 is 0 Å². The zero-order valence-corrected chi connectivity index (χ0v) is 13.1. The highest BCUT2D eigenvalue weighted by Crippen LogP contribution is 2.28. The van der Waals surface area contributed by atoms with Crippen LogP contribution in [-0.2, 0) is 22.4 Å². The molecule has 0 aliphatic heterocycles. The van der Waals surface area contributed by atoms with Gasteiger partial charge in [0, 0.05) is 0 Å². The summed E-state index contributed by atoms with van der Waals surface area (Å²) in [7, 11) is 0. The van der Waals surface area contributed by atoms with Gasteiger partial charge in [0.2, 0.25) is 0 Å². The Morgan fingerprint density at radius 2 is 1.91 bits per heavy atom. The Balaban J connectivity index is 1.54. The summed E-state index contributed by atoms with van der Waals surface area (Å²) in [4.78, 5) is 24.0. The summed E-state index contributed by atoms with van der Waals surface area (Å²) >= 11 is 0. The molecule has 0 saturated heterocycles. The third-order valence-corrected chi connectivity index (χ3v) is 4.72. The summed E-state index contributed by atoms with van der Waals surface area (Å²) in [6.45, 7) is -0.348. The van der Waals surface area contributed by atoms with Crippen LogP contribution in [0.1, 0.15) is 53.6 Å². The number of benzene rings is 1. The van der Waals surface area contributed by atoms with Crippen molar-refractivity contribution in [2.75, 3.05) is 6.61 Å². The fourth-order valence-electron chi connectivity index (χ4n) is 3.46. The number of aryl methyl sites for hydroxylation is 2. The van der Waals surface area contributed by atoms with E-state index in [4.69, 9.17) is 4.74 Å². The zero-order valence-electron chi connectivity index (χ0n) is 13.1. The molecule has 1 N–H and O–H groups in total. The predicted octanol–water partition coefficient (Wildman–Crippen LogP) is 2.28. The Morgan fingerprint density at radius 3 is 2.65 bits per heavy atom. The van der Waals surface area contributed by atoms with Crippen LogP contribution >= 0.6 is 0 Å². The molecule has 0 heterocycles. The maximum Gasteiger partial charge on any atom is 0.338 e. The van der Waals surface area contributed by atoms with Crippen molar-refractivity contribution in [2.45, 2.75) is 50.5 Å². The Labute approximate surface area is 135 Å². The lowest BCUT2D eigenvalue weighted by Gasteiger charge is -2.21. The van der Waals surface area contributed by atoms with Crippen molar-refractivity contribution in [1.82, 2.24) is 5.32 Å². The SMILES string of the molecule is N#CC1(NC(=O)COC(=O)c2ccc3c(c2)CCC3)CCCC1. The third kappa shape index (κ3) is 3.37. The van der Waals surface area contributed by atoms with Crippen LogP contribution in [0.5, 0.6) is 0 Å². The maximum atomic E-state index is 12.1. The van der Waals surface area contributed by atoms with Gasteiger partial charge in [0.25, 0.3) is 5.91 Å². The fourth-order valence-corrected chi connectivity index (χ4v) is 3.46. The number of esters is 1. The van der Waals surface area contributed by atoms with E-state index in [1.54, 1.807) is 6.07 Å². The minimum absolute atomic E-state index is 0.348. The van der Waals surface area contributed by atoms with Crippen molar-refractivity contribution in [2.24, 2.45) is 0 Å². The molecule has 2 aliphatic carbocycles. The van der Waals surface area contributed by atoms with Crippen molar-refractivity contribution in [3.8, 4) is 6.07 Å². The molecule has 0 spiro atoms. The zero-order chi connectivity index (χ0) is 16.3. The van der Waals surface area contributed by atoms with Crippen molar-refractivity contribution in [3.63, 3.8) is 0 Å². The average molecular weight is 312 g/mol. The Bertz CT molecular complexity index is 669. The van der Waals surface area contributed by atoms with E-state index in [1.807, 2.05) is 12.1 Å². The molecule has 1 aromatic rings. The minimum atomic E-state index is -0.781. The molecule has 0 bridgehead atoms. The first-order valence-electron chi connectivity index (χ1n) is 8.13. The number of ether oxygens (including phenoxy) is 1. The first kappa shape index (κ1) is 15.5. The first-order valence-corrected chi connectivity index (χ1v) is 8.13. The van der Waals surface area contributed by atoms with Crippen molar-refractivity contribution < 1.29 is 14.3 Å². The summed E-state index contributed by atoms with van der Waals surface area (Å²) in [6, 6.07) is 7.75. The van der Waals surface area contributed by atoms with E-state index in [1.165, 1.54) is 11.1 Å². The van der Waals surface area contributed by atoms with Crippen molar-refractivity contribution >= 4 is 11.9 Å². The highest BCUT2D eigenvalue weighted by atomic mass is 16.5. The monoisotopic (exact) mass is 312 g/mol. The van der Waals surface area contributed by atoms with Gasteiger partial charge in [-0.1, -0.05) is 6.07 Å². The van der Waals surface area contributed by atoms with Gasteiger partial charge in [-0.05, 0) is 68.2 Å². The molecule has 0 atom stereocenters. The molecule has 120 valence electrons. The van der Waals surface area contributed by atoms with Crippen LogP contribution in [-0.4, -0.2) is 24.0 Å². The smallest absolute Gasteiger partial charge is 0.338 e. The van der Waals surface area contributed by atoms with E-state index in [9.17, 15) is 14.9 Å². The number of carbonyl (C=O) groups excluding carboxylic acids is 2. The molecule has 5 heteroatoms. The first-order chi connectivity index (χ1) is 11.1. The fraction of sp³-hybridized carbons (Fsp3) is 0.500. The van der Waals surface area contributed by atoms with Crippen LogP contribution in [0, 0.1) is 11.3 Å². The minimum Gasteiger partial charge on any atom is -0.452 e. The third-order valence-electron chi connectivity index (χ3n) is 4.72. The molecule has 1 amide bonds. The van der Waals surface area contributed by atoms with Crippen molar-refractivity contribution in [3.05, 3.63) is 34.9 Å². The van der Waals surface area contributed by atoms with E-state index in [-0.39, 0.29) is 6.61 Å². The lowest BCUT2D eigenvalue weighted by Crippen LogP contribution is -2.46. The summed E-state index contributed by atoms with van der Waals surface area (Å²) in [5.74, 6) is -0.907. The van der Waals surface area contributed by atoms with Gasteiger partial charge in [-0.3, -0.25) is 4.79 Å². The van der Waals surface area contributed by atoms with Crippen LogP contribution < -0.4 is 5.32 Å². The van der Waals surface area contributed by atoms with Gasteiger partial charge >= 0.3 is 5.97 Å². The molecule has 1 aromatic carbocycles. The van der Waals surface area contributed by atoms with Gasteiger partial charge in [-0.2, -0.15) is 5.26 Å². The van der Waals surface area contributed by atoms with E-state index in [0.29, 0.717) is 18.4 Å². The Kier molecular flexibility index (Phi) is 4.33. The number of nitrogens with one attached hydrogen (secondary N) is 1. The number of rotatable bonds is 4. The van der Waals surface area contributed by atoms with E-state index in [0.717, 1.165) is 32.1 Å². The molecule has 1 fully saturated rings. The standard InChI is InChI=1S/C18H20N2O3/c19-12-18(8-1-2-9-18)20-16(21)11-23-17(22)15-7-6-13-4-3-5-14(13)10-15/h6-7,10H,1-5,8-9,11H2,(H,20,21). The quantitative estimate of drug-likeness (QED) is 0.865. The summed E-state index contributed by atoms with van der Waals surface area (Å²) < 4.78 is 5.09. The lowest BCUT2D eigenvalue weighted by molar-refractivity contribution is -0.125. The van der Waals surface area contributed by atoms with Crippen LogP contribution in [0.25, 0.3) is 0 Å². The van der Waals surface area contributed by atoms with Gasteiger partial charge in [0.1, 0.15) is 5.54 Å².